The molecule has 0 bridgehead atoms. The molecular formula is C19H31NO. The van der Waals surface area contributed by atoms with Crippen molar-refractivity contribution in [2.24, 2.45) is 5.92 Å². The van der Waals surface area contributed by atoms with Gasteiger partial charge in [-0.3, -0.25) is 0 Å². The third-order valence-electron chi connectivity index (χ3n) is 4.94. The largest absolute Gasteiger partial charge is 0.388 e. The van der Waals surface area contributed by atoms with Gasteiger partial charge >= 0.3 is 0 Å². The van der Waals surface area contributed by atoms with Gasteiger partial charge in [0.15, 0.2) is 0 Å². The molecule has 1 aliphatic heterocycles. The minimum absolute atomic E-state index is 0.302. The first-order chi connectivity index (χ1) is 10.2. The SMILES string of the molecule is CCCCC(CC)CC(O)c1ccc2c(c1)CCCN2C. The van der Waals surface area contributed by atoms with Gasteiger partial charge in [0, 0.05) is 19.3 Å². The van der Waals surface area contributed by atoms with Gasteiger partial charge in [0.2, 0.25) is 0 Å². The minimum atomic E-state index is -0.302. The van der Waals surface area contributed by atoms with Crippen LogP contribution in [0.2, 0.25) is 0 Å². The van der Waals surface area contributed by atoms with E-state index in [1.807, 2.05) is 0 Å². The normalized spacial score (nSPS) is 17.4. The Morgan fingerprint density at radius 2 is 2.10 bits per heavy atom. The van der Waals surface area contributed by atoms with Crippen LogP contribution in [0, 0.1) is 5.92 Å². The molecule has 0 spiro atoms. The van der Waals surface area contributed by atoms with Crippen LogP contribution in [0.3, 0.4) is 0 Å². The second kappa shape index (κ2) is 7.84. The number of benzene rings is 1. The van der Waals surface area contributed by atoms with Crippen molar-refractivity contribution in [1.82, 2.24) is 0 Å². The summed E-state index contributed by atoms with van der Waals surface area (Å²) in [5, 5.41) is 10.6. The number of unbranched alkanes of at least 4 members (excludes halogenated alkanes) is 1. The first-order valence-corrected chi connectivity index (χ1v) is 8.67. The lowest BCUT2D eigenvalue weighted by Gasteiger charge is -2.28. The van der Waals surface area contributed by atoms with E-state index in [0.717, 1.165) is 24.9 Å². The molecule has 1 heterocycles. The number of nitrogens with zero attached hydrogens (tertiary/aromatic N) is 1. The zero-order chi connectivity index (χ0) is 15.2. The van der Waals surface area contributed by atoms with Gasteiger partial charge in [-0.1, -0.05) is 51.7 Å². The Hall–Kier alpha value is -1.02. The summed E-state index contributed by atoms with van der Waals surface area (Å²) in [6.07, 6.45) is 7.92. The van der Waals surface area contributed by atoms with Crippen molar-refractivity contribution in [2.75, 3.05) is 18.5 Å². The van der Waals surface area contributed by atoms with Crippen molar-refractivity contribution >= 4 is 5.69 Å². The first kappa shape index (κ1) is 16.4. The highest BCUT2D eigenvalue weighted by Gasteiger charge is 2.18. The van der Waals surface area contributed by atoms with Gasteiger partial charge < -0.3 is 10.0 Å². The summed E-state index contributed by atoms with van der Waals surface area (Å²) in [7, 11) is 2.16. The van der Waals surface area contributed by atoms with E-state index in [9.17, 15) is 5.11 Å². The molecule has 1 aliphatic rings. The molecule has 0 amide bonds. The molecule has 118 valence electrons. The summed E-state index contributed by atoms with van der Waals surface area (Å²) in [4.78, 5) is 2.32. The summed E-state index contributed by atoms with van der Waals surface area (Å²) in [6, 6.07) is 6.56. The molecule has 2 heteroatoms. The van der Waals surface area contributed by atoms with Crippen LogP contribution in [0.15, 0.2) is 18.2 Å². The first-order valence-electron chi connectivity index (χ1n) is 8.67. The molecule has 21 heavy (non-hydrogen) atoms. The summed E-state index contributed by atoms with van der Waals surface area (Å²) >= 11 is 0. The Balaban J connectivity index is 2.03. The number of fused-ring (bicyclic) bond motifs is 1. The molecule has 1 aromatic carbocycles. The predicted molar refractivity (Wildman–Crippen MR) is 90.9 cm³/mol. The number of aliphatic hydroxyl groups is 1. The molecule has 0 aromatic heterocycles. The fourth-order valence-corrected chi connectivity index (χ4v) is 3.45. The van der Waals surface area contributed by atoms with Crippen LogP contribution in [-0.4, -0.2) is 18.7 Å². The van der Waals surface area contributed by atoms with Crippen molar-refractivity contribution in [1.29, 1.82) is 0 Å². The van der Waals surface area contributed by atoms with Crippen molar-refractivity contribution in [3.8, 4) is 0 Å². The lowest BCUT2D eigenvalue weighted by Crippen LogP contribution is -2.24. The van der Waals surface area contributed by atoms with E-state index >= 15 is 0 Å². The molecule has 0 radical (unpaired) electrons. The van der Waals surface area contributed by atoms with E-state index < -0.39 is 0 Å². The molecule has 0 saturated carbocycles. The third-order valence-corrected chi connectivity index (χ3v) is 4.94. The molecule has 1 N–H and O–H groups in total. The van der Waals surface area contributed by atoms with Gasteiger partial charge in [0.1, 0.15) is 0 Å². The Labute approximate surface area is 130 Å². The zero-order valence-electron chi connectivity index (χ0n) is 13.9. The Bertz CT molecular complexity index is 443. The molecular weight excluding hydrogens is 258 g/mol. The molecule has 2 nitrogen and oxygen atoms in total. The smallest absolute Gasteiger partial charge is 0.0792 e. The molecule has 0 fully saturated rings. The molecule has 0 saturated heterocycles. The lowest BCUT2D eigenvalue weighted by atomic mass is 9.89. The number of anilines is 1. The third kappa shape index (κ3) is 4.23. The van der Waals surface area contributed by atoms with Crippen molar-refractivity contribution in [3.05, 3.63) is 29.3 Å². The summed E-state index contributed by atoms with van der Waals surface area (Å²) in [5.74, 6) is 0.652. The number of rotatable bonds is 7. The van der Waals surface area contributed by atoms with E-state index in [4.69, 9.17) is 0 Å². The number of hydrogen-bond donors (Lipinski definition) is 1. The van der Waals surface area contributed by atoms with Crippen molar-refractivity contribution in [3.63, 3.8) is 0 Å². The standard InChI is InChI=1S/C19H31NO/c1-4-6-8-15(5-2)13-19(21)17-10-11-18-16(14-17)9-7-12-20(18)3/h10-11,14-15,19,21H,4-9,12-13H2,1-3H3. The van der Waals surface area contributed by atoms with E-state index in [1.54, 1.807) is 0 Å². The molecule has 2 unspecified atom stereocenters. The lowest BCUT2D eigenvalue weighted by molar-refractivity contribution is 0.139. The quantitative estimate of drug-likeness (QED) is 0.786. The average molecular weight is 289 g/mol. The van der Waals surface area contributed by atoms with Gasteiger partial charge in [-0.15, -0.1) is 0 Å². The molecule has 0 aliphatic carbocycles. The predicted octanol–water partition coefficient (Wildman–Crippen LogP) is 4.71. The van der Waals surface area contributed by atoms with Crippen molar-refractivity contribution in [2.45, 2.75) is 64.9 Å². The second-order valence-electron chi connectivity index (χ2n) is 6.58. The van der Waals surface area contributed by atoms with Crippen LogP contribution in [0.5, 0.6) is 0 Å². The van der Waals surface area contributed by atoms with Gasteiger partial charge in [0.25, 0.3) is 0 Å². The highest BCUT2D eigenvalue weighted by Crippen LogP contribution is 2.32. The maximum absolute atomic E-state index is 10.6. The summed E-state index contributed by atoms with van der Waals surface area (Å²) < 4.78 is 0. The maximum atomic E-state index is 10.6. The van der Waals surface area contributed by atoms with Crippen molar-refractivity contribution < 1.29 is 5.11 Å². The second-order valence-corrected chi connectivity index (χ2v) is 6.58. The summed E-state index contributed by atoms with van der Waals surface area (Å²) in [6.45, 7) is 5.63. The monoisotopic (exact) mass is 289 g/mol. The van der Waals surface area contributed by atoms with Gasteiger partial charge in [-0.05, 0) is 42.4 Å². The minimum Gasteiger partial charge on any atom is -0.388 e. The highest BCUT2D eigenvalue weighted by molar-refractivity contribution is 5.56. The fraction of sp³-hybridized carbons (Fsp3) is 0.684. The maximum Gasteiger partial charge on any atom is 0.0792 e. The number of aryl methyl sites for hydroxylation is 1. The van der Waals surface area contributed by atoms with Crippen LogP contribution in [0.25, 0.3) is 0 Å². The van der Waals surface area contributed by atoms with E-state index in [2.05, 4.69) is 44.0 Å². The zero-order valence-corrected chi connectivity index (χ0v) is 13.9. The van der Waals surface area contributed by atoms with Gasteiger partial charge in [0.05, 0.1) is 6.10 Å². The van der Waals surface area contributed by atoms with Crippen LogP contribution >= 0.6 is 0 Å². The van der Waals surface area contributed by atoms with Crippen LogP contribution < -0.4 is 4.90 Å². The molecule has 1 aromatic rings. The number of aliphatic hydroxyl groups excluding tert-OH is 1. The molecule has 2 atom stereocenters. The Morgan fingerprint density at radius 3 is 2.81 bits per heavy atom. The van der Waals surface area contributed by atoms with E-state index in [0.29, 0.717) is 5.92 Å². The van der Waals surface area contributed by atoms with E-state index in [1.165, 1.54) is 43.4 Å². The average Bonchev–Trinajstić information content (AvgIpc) is 2.51. The Kier molecular flexibility index (Phi) is 6.10. The van der Waals surface area contributed by atoms with Gasteiger partial charge in [-0.2, -0.15) is 0 Å². The number of hydrogen-bond acceptors (Lipinski definition) is 2. The summed E-state index contributed by atoms with van der Waals surface area (Å²) in [5.41, 5.74) is 3.86. The molecule has 2 rings (SSSR count). The highest BCUT2D eigenvalue weighted by atomic mass is 16.3. The van der Waals surface area contributed by atoms with Crippen LogP contribution in [0.1, 0.15) is 69.6 Å². The van der Waals surface area contributed by atoms with E-state index in [-0.39, 0.29) is 6.10 Å². The topological polar surface area (TPSA) is 23.5 Å². The van der Waals surface area contributed by atoms with Crippen LogP contribution in [0.4, 0.5) is 5.69 Å². The van der Waals surface area contributed by atoms with Crippen LogP contribution in [-0.2, 0) is 6.42 Å². The fourth-order valence-electron chi connectivity index (χ4n) is 3.45. The Morgan fingerprint density at radius 1 is 1.29 bits per heavy atom. The van der Waals surface area contributed by atoms with Gasteiger partial charge in [-0.25, -0.2) is 0 Å².